The van der Waals surface area contributed by atoms with Gasteiger partial charge in [0.2, 0.25) is 5.95 Å². The van der Waals surface area contributed by atoms with Crippen LogP contribution in [-0.4, -0.2) is 98.3 Å². The third-order valence-corrected chi connectivity index (χ3v) is 9.78. The predicted octanol–water partition coefficient (Wildman–Crippen LogP) is 0.247. The Balaban J connectivity index is 1.16. The Morgan fingerprint density at radius 3 is 2.87 bits per heavy atom. The number of halogens is 1. The molecule has 0 amide bonds. The number of nitrogens with zero attached hydrogens (tertiary/aromatic N) is 8. The number of fused-ring (bicyclic) bond motifs is 2. The van der Waals surface area contributed by atoms with E-state index in [1.165, 1.54) is 17.0 Å². The molecule has 2 aliphatic heterocycles. The molecule has 2 unspecified atom stereocenters. The second-order valence-electron chi connectivity index (χ2n) is 10.4. The highest BCUT2D eigenvalue weighted by molar-refractivity contribution is 8.39. The van der Waals surface area contributed by atoms with Gasteiger partial charge in [-0.3, -0.25) is 9.78 Å². The number of aromatic amines is 1. The van der Waals surface area contributed by atoms with Crippen molar-refractivity contribution in [3.05, 3.63) is 28.6 Å². The Bertz CT molecular complexity index is 1880. The molecule has 0 saturated carbocycles. The summed E-state index contributed by atoms with van der Waals surface area (Å²) in [6.07, 6.45) is -1.66. The average molecular weight is 723 g/mol. The second kappa shape index (κ2) is 13.0. The summed E-state index contributed by atoms with van der Waals surface area (Å²) in [5.74, 6) is -0.0705. The van der Waals surface area contributed by atoms with E-state index in [0.717, 1.165) is 4.68 Å². The number of nitrogen functional groups attached to an aromatic ring is 2. The van der Waals surface area contributed by atoms with E-state index in [0.29, 0.717) is 11.3 Å². The molecule has 4 aromatic heterocycles. The van der Waals surface area contributed by atoms with Gasteiger partial charge >= 0.3 is 13.9 Å². The first kappa shape index (κ1) is 33.1. The Kier molecular flexibility index (Phi) is 9.35. The molecule has 4 aromatic rings. The van der Waals surface area contributed by atoms with Crippen molar-refractivity contribution in [1.82, 2.24) is 44.5 Å². The number of alkyl halides is 1. The van der Waals surface area contributed by atoms with Crippen LogP contribution in [0.5, 0.6) is 0 Å². The van der Waals surface area contributed by atoms with Crippen LogP contribution >= 0.6 is 26.2 Å². The first-order valence-electron chi connectivity index (χ1n) is 13.5. The summed E-state index contributed by atoms with van der Waals surface area (Å²) < 4.78 is 57.2. The van der Waals surface area contributed by atoms with Gasteiger partial charge in [-0.15, -0.1) is 9.62 Å². The van der Waals surface area contributed by atoms with Gasteiger partial charge in [-0.2, -0.15) is 14.8 Å². The van der Waals surface area contributed by atoms with Crippen molar-refractivity contribution < 1.29 is 42.0 Å². The maximum atomic E-state index is 14.1. The monoisotopic (exact) mass is 722 g/mol. The third-order valence-electron chi connectivity index (χ3n) is 7.43. The van der Waals surface area contributed by atoms with Crippen molar-refractivity contribution >= 4 is 66.6 Å². The first-order chi connectivity index (χ1) is 21.9. The highest BCUT2D eigenvalue weighted by atomic mass is 32.7. The summed E-state index contributed by atoms with van der Waals surface area (Å²) in [7, 11) is -2.30. The molecule has 25 heteroatoms. The number of H-pyrrole nitrogens is 1. The number of rotatable bonds is 12. The first-order valence-corrected chi connectivity index (χ1v) is 18.4. The molecule has 0 aromatic carbocycles. The molecule has 2 saturated heterocycles. The summed E-state index contributed by atoms with van der Waals surface area (Å²) >= 11 is 9.11. The summed E-state index contributed by atoms with van der Waals surface area (Å²) in [6, 6.07) is 0. The molecule has 6 heterocycles. The fourth-order valence-electron chi connectivity index (χ4n) is 5.35. The van der Waals surface area contributed by atoms with E-state index >= 15 is 0 Å². The molecule has 0 aliphatic carbocycles. The molecule has 248 valence electrons. The minimum absolute atomic E-state index is 0.101. The van der Waals surface area contributed by atoms with Crippen molar-refractivity contribution in [1.29, 1.82) is 0 Å². The van der Waals surface area contributed by atoms with Crippen LogP contribution in [0.1, 0.15) is 37.3 Å². The Labute approximate surface area is 268 Å². The maximum Gasteiger partial charge on any atom is 0.582 e. The van der Waals surface area contributed by atoms with Crippen LogP contribution in [0, 0.1) is 0 Å². The standard InChI is InChI=1S/C21H26FN11O9P2S2/c22-6-21(7-34)4-13(19(40-21)33-16-14(30-31-33)18(35)29-20(24)28-16)42-44(37,46)38-2-1-10-12(41-43(36)45)3-11(39-10)9-5-25-17-15(23)26-8-27-32(9)17/h5,8,10-13,19,34H,1-4,6-7H2,(H6-,23,24,26,27,28,29,31,35,36,37,45,46)/p+1/t10-,11-,12+,13-,19-,21-,44?/m1/s1. The maximum absolute atomic E-state index is 14.1. The predicted molar refractivity (Wildman–Crippen MR) is 162 cm³/mol. The fraction of sp³-hybridized carbons (Fsp3) is 0.571. The molecule has 0 bridgehead atoms. The van der Waals surface area contributed by atoms with Gasteiger partial charge in [-0.1, -0.05) is 5.21 Å². The minimum atomic E-state index is -4.08. The molecular weight excluding hydrogens is 695 g/mol. The fourth-order valence-corrected chi connectivity index (χ4v) is 7.64. The summed E-state index contributed by atoms with van der Waals surface area (Å²) in [5, 5.41) is 21.8. The Morgan fingerprint density at radius 1 is 1.33 bits per heavy atom. The van der Waals surface area contributed by atoms with Crippen LogP contribution in [0.4, 0.5) is 16.2 Å². The van der Waals surface area contributed by atoms with Crippen molar-refractivity contribution in [2.75, 3.05) is 31.4 Å². The topological polar surface area (TPSA) is 275 Å². The number of aliphatic hydroxyl groups is 1. The van der Waals surface area contributed by atoms with Crippen molar-refractivity contribution in [2.45, 2.75) is 55.5 Å². The lowest BCUT2D eigenvalue weighted by Gasteiger charge is -2.24. The number of nitrogens with one attached hydrogen (secondary N) is 1. The molecule has 0 spiro atoms. The smallest absolute Gasteiger partial charge is 0.393 e. The molecule has 46 heavy (non-hydrogen) atoms. The van der Waals surface area contributed by atoms with E-state index in [2.05, 4.69) is 47.6 Å². The van der Waals surface area contributed by atoms with Gasteiger partial charge in [0.25, 0.3) is 5.56 Å². The van der Waals surface area contributed by atoms with Crippen LogP contribution in [0.15, 0.2) is 17.3 Å². The third kappa shape index (κ3) is 6.49. The van der Waals surface area contributed by atoms with Gasteiger partial charge in [0, 0.05) is 19.3 Å². The normalized spacial score (nSPS) is 28.3. The van der Waals surface area contributed by atoms with Gasteiger partial charge in [0.05, 0.1) is 31.2 Å². The van der Waals surface area contributed by atoms with Crippen LogP contribution in [0.2, 0.25) is 0 Å². The lowest BCUT2D eigenvalue weighted by atomic mass is 10.0. The highest BCUT2D eigenvalue weighted by Gasteiger charge is 2.51. The highest BCUT2D eigenvalue weighted by Crippen LogP contribution is 2.52. The molecule has 0 radical (unpaired) electrons. The number of aromatic nitrogens is 9. The zero-order valence-electron chi connectivity index (χ0n) is 23.4. The Hall–Kier alpha value is -2.82. The second-order valence-corrected chi connectivity index (χ2v) is 14.9. The van der Waals surface area contributed by atoms with Crippen molar-refractivity contribution in [3.63, 3.8) is 0 Å². The van der Waals surface area contributed by atoms with Gasteiger partial charge in [-0.25, -0.2) is 18.9 Å². The zero-order valence-corrected chi connectivity index (χ0v) is 26.9. The average Bonchev–Trinajstić information content (AvgIpc) is 3.77. The largest absolute Gasteiger partial charge is 0.582 e. The lowest BCUT2D eigenvalue weighted by molar-refractivity contribution is -0.119. The summed E-state index contributed by atoms with van der Waals surface area (Å²) in [6.45, 7) is -6.17. The molecule has 8 atom stereocenters. The van der Waals surface area contributed by atoms with E-state index in [1.807, 2.05) is 0 Å². The number of anilines is 2. The van der Waals surface area contributed by atoms with Crippen LogP contribution in [0.25, 0.3) is 16.8 Å². The SMILES string of the molecule is Nc1nc2c(nnn2[C@@H]2O[C@@](CO)(CF)C[C@H]2OP(O)(=S)OCC[C@H]2O[C@@H](c3cnc4c(N)ncnn34)C[C@@H]2O[P+](=O)S)c(=O)[nH]1. The summed E-state index contributed by atoms with van der Waals surface area (Å²) in [4.78, 5) is 37.7. The number of nitrogens with two attached hydrogens (primary N) is 2. The van der Waals surface area contributed by atoms with Gasteiger partial charge in [0.1, 0.15) is 49.2 Å². The van der Waals surface area contributed by atoms with E-state index in [1.54, 1.807) is 0 Å². The molecule has 7 N–H and O–H groups in total. The number of hydrogen-bond acceptors (Lipinski definition) is 17. The quantitative estimate of drug-likeness (QED) is 0.0844. The molecular formula is C21H27FN11O9P2S2+. The molecule has 2 aliphatic rings. The number of imidazole rings is 1. The van der Waals surface area contributed by atoms with E-state index in [-0.39, 0.29) is 48.8 Å². The van der Waals surface area contributed by atoms with E-state index in [4.69, 9.17) is 46.3 Å². The van der Waals surface area contributed by atoms with Gasteiger partial charge in [0.15, 0.2) is 28.9 Å². The van der Waals surface area contributed by atoms with Crippen molar-refractivity contribution in [3.8, 4) is 0 Å². The van der Waals surface area contributed by atoms with E-state index < -0.39 is 69.0 Å². The zero-order chi connectivity index (χ0) is 32.8. The Morgan fingerprint density at radius 2 is 2.13 bits per heavy atom. The lowest BCUT2D eigenvalue weighted by Crippen LogP contribution is -2.36. The van der Waals surface area contributed by atoms with Crippen LogP contribution in [-0.2, 0) is 39.4 Å². The van der Waals surface area contributed by atoms with Crippen LogP contribution in [0.3, 0.4) is 0 Å². The van der Waals surface area contributed by atoms with Crippen LogP contribution < -0.4 is 17.0 Å². The van der Waals surface area contributed by atoms with Gasteiger partial charge < -0.3 is 40.0 Å². The minimum Gasteiger partial charge on any atom is -0.393 e. The van der Waals surface area contributed by atoms with Gasteiger partial charge in [-0.05, 0) is 16.4 Å². The molecule has 2 fully saturated rings. The summed E-state index contributed by atoms with van der Waals surface area (Å²) in [5.41, 5.74) is 9.71. The number of hydrogen-bond donors (Lipinski definition) is 6. The van der Waals surface area contributed by atoms with E-state index in [9.17, 15) is 23.7 Å². The number of thiol groups is 1. The molecule has 20 nitrogen and oxygen atoms in total. The molecule has 6 rings (SSSR count). The number of aliphatic hydroxyl groups excluding tert-OH is 1. The van der Waals surface area contributed by atoms with Crippen molar-refractivity contribution in [2.24, 2.45) is 0 Å². The number of ether oxygens (including phenoxy) is 2.